The molecule has 1 saturated carbocycles. The van der Waals surface area contributed by atoms with E-state index in [0.29, 0.717) is 15.4 Å². The molecule has 1 aromatic rings. The number of alkyl halides is 1. The molecule has 1 aromatic carbocycles. The molecule has 1 N–H and O–H groups in total. The van der Waals surface area contributed by atoms with Crippen molar-refractivity contribution in [3.63, 3.8) is 0 Å². The zero-order chi connectivity index (χ0) is 12.4. The minimum atomic E-state index is -0.0652. The molecule has 0 spiro atoms. The molecule has 2 atom stereocenters. The van der Waals surface area contributed by atoms with Crippen LogP contribution in [0.4, 0.5) is 0 Å². The van der Waals surface area contributed by atoms with E-state index in [0.717, 1.165) is 23.7 Å². The Bertz CT molecular complexity index is 418. The molecule has 92 valence electrons. The largest absolute Gasteiger partial charge is 0.348 e. The molecule has 5 heteroatoms. The van der Waals surface area contributed by atoms with Crippen molar-refractivity contribution in [3.8, 4) is 0 Å². The number of amides is 1. The highest BCUT2D eigenvalue weighted by atomic mass is 79.9. The molecular formula is C12H12Br2ClNO. The van der Waals surface area contributed by atoms with Crippen molar-refractivity contribution in [2.24, 2.45) is 0 Å². The number of rotatable bonds is 2. The molecular weight excluding hydrogens is 369 g/mol. The van der Waals surface area contributed by atoms with Gasteiger partial charge in [-0.15, -0.1) is 0 Å². The summed E-state index contributed by atoms with van der Waals surface area (Å²) in [6.45, 7) is 0. The second-order valence-electron chi connectivity index (χ2n) is 4.18. The van der Waals surface area contributed by atoms with Crippen LogP contribution in [0, 0.1) is 0 Å². The topological polar surface area (TPSA) is 29.1 Å². The van der Waals surface area contributed by atoms with Gasteiger partial charge >= 0.3 is 0 Å². The van der Waals surface area contributed by atoms with Crippen molar-refractivity contribution < 1.29 is 4.79 Å². The maximum absolute atomic E-state index is 12.0. The van der Waals surface area contributed by atoms with Gasteiger partial charge in [-0.1, -0.05) is 49.9 Å². The maximum Gasteiger partial charge on any atom is 0.251 e. The number of benzene rings is 1. The first-order valence-corrected chi connectivity index (χ1v) is 7.56. The predicted molar refractivity (Wildman–Crippen MR) is 77.0 cm³/mol. The molecule has 0 heterocycles. The van der Waals surface area contributed by atoms with Crippen LogP contribution < -0.4 is 5.32 Å². The molecule has 0 bridgehead atoms. The van der Waals surface area contributed by atoms with Gasteiger partial charge in [0.2, 0.25) is 0 Å². The van der Waals surface area contributed by atoms with E-state index in [1.165, 1.54) is 0 Å². The number of hydrogen-bond donors (Lipinski definition) is 1. The maximum atomic E-state index is 12.0. The molecule has 0 radical (unpaired) electrons. The van der Waals surface area contributed by atoms with E-state index in [4.69, 9.17) is 11.6 Å². The molecule has 0 aromatic heterocycles. The second-order valence-corrected chi connectivity index (χ2v) is 6.71. The average molecular weight is 381 g/mol. The highest BCUT2D eigenvalue weighted by Gasteiger charge is 2.26. The Labute approximate surface area is 122 Å². The SMILES string of the molecule is O=C(NC1CCCC1Br)c1cc(Cl)cc(Br)c1. The third-order valence-electron chi connectivity index (χ3n) is 2.87. The first kappa shape index (κ1) is 13.4. The first-order chi connectivity index (χ1) is 8.06. The van der Waals surface area contributed by atoms with E-state index in [-0.39, 0.29) is 11.9 Å². The van der Waals surface area contributed by atoms with Crippen LogP contribution in [0.5, 0.6) is 0 Å². The summed E-state index contributed by atoms with van der Waals surface area (Å²) in [7, 11) is 0. The Balaban J connectivity index is 2.09. The zero-order valence-electron chi connectivity index (χ0n) is 9.05. The first-order valence-electron chi connectivity index (χ1n) is 5.47. The van der Waals surface area contributed by atoms with Crippen LogP contribution in [-0.4, -0.2) is 16.8 Å². The summed E-state index contributed by atoms with van der Waals surface area (Å²) in [5.41, 5.74) is 0.593. The number of nitrogens with one attached hydrogen (secondary N) is 1. The molecule has 1 aliphatic rings. The molecule has 0 aliphatic heterocycles. The minimum Gasteiger partial charge on any atom is -0.348 e. The lowest BCUT2D eigenvalue weighted by atomic mass is 10.2. The second kappa shape index (κ2) is 5.72. The molecule has 2 unspecified atom stereocenters. The van der Waals surface area contributed by atoms with Crippen LogP contribution in [0.25, 0.3) is 0 Å². The van der Waals surface area contributed by atoms with Crippen molar-refractivity contribution in [2.75, 3.05) is 0 Å². The summed E-state index contributed by atoms with van der Waals surface area (Å²) in [5.74, 6) is -0.0652. The molecule has 2 rings (SSSR count). The summed E-state index contributed by atoms with van der Waals surface area (Å²) < 4.78 is 0.817. The zero-order valence-corrected chi connectivity index (χ0v) is 13.0. The highest BCUT2D eigenvalue weighted by molar-refractivity contribution is 9.10. The van der Waals surface area contributed by atoms with Crippen molar-refractivity contribution in [1.82, 2.24) is 5.32 Å². The van der Waals surface area contributed by atoms with E-state index in [9.17, 15) is 4.79 Å². The summed E-state index contributed by atoms with van der Waals surface area (Å²) >= 11 is 12.8. The molecule has 1 amide bonds. The summed E-state index contributed by atoms with van der Waals surface area (Å²) in [6.07, 6.45) is 3.30. The van der Waals surface area contributed by atoms with E-state index in [1.54, 1.807) is 18.2 Å². The Kier molecular flexibility index (Phi) is 4.50. The number of carbonyl (C=O) groups is 1. The smallest absolute Gasteiger partial charge is 0.251 e. The summed E-state index contributed by atoms with van der Waals surface area (Å²) in [5, 5.41) is 3.60. The van der Waals surface area contributed by atoms with Crippen molar-refractivity contribution >= 4 is 49.4 Å². The van der Waals surface area contributed by atoms with Crippen molar-refractivity contribution in [2.45, 2.75) is 30.1 Å². The van der Waals surface area contributed by atoms with E-state index < -0.39 is 0 Å². The van der Waals surface area contributed by atoms with Crippen LogP contribution in [0.1, 0.15) is 29.6 Å². The summed E-state index contributed by atoms with van der Waals surface area (Å²) in [6, 6.07) is 5.45. The Morgan fingerprint density at radius 2 is 2.12 bits per heavy atom. The minimum absolute atomic E-state index is 0.0652. The Morgan fingerprint density at radius 3 is 2.71 bits per heavy atom. The Hall–Kier alpha value is -0.0600. The van der Waals surface area contributed by atoms with E-state index in [2.05, 4.69) is 37.2 Å². The molecule has 2 nitrogen and oxygen atoms in total. The number of halogens is 3. The van der Waals surface area contributed by atoms with Crippen LogP contribution >= 0.6 is 43.5 Å². The molecule has 1 aliphatic carbocycles. The standard InChI is InChI=1S/C12H12Br2ClNO/c13-8-4-7(5-9(15)6-8)12(17)16-11-3-1-2-10(11)14/h4-6,10-11H,1-3H2,(H,16,17). The van der Waals surface area contributed by atoms with Gasteiger partial charge in [0.1, 0.15) is 0 Å². The predicted octanol–water partition coefficient (Wildman–Crippen LogP) is 4.15. The van der Waals surface area contributed by atoms with Gasteiger partial charge in [0.15, 0.2) is 0 Å². The van der Waals surface area contributed by atoms with Crippen LogP contribution in [0.2, 0.25) is 5.02 Å². The average Bonchev–Trinajstić information content (AvgIpc) is 2.63. The molecule has 1 fully saturated rings. The van der Waals surface area contributed by atoms with Crippen molar-refractivity contribution in [1.29, 1.82) is 0 Å². The molecule has 0 saturated heterocycles. The number of hydrogen-bond acceptors (Lipinski definition) is 1. The van der Waals surface area contributed by atoms with E-state index in [1.807, 2.05) is 0 Å². The van der Waals surface area contributed by atoms with Crippen molar-refractivity contribution in [3.05, 3.63) is 33.3 Å². The fourth-order valence-corrected chi connectivity index (χ4v) is 3.59. The fourth-order valence-electron chi connectivity index (χ4n) is 2.01. The third kappa shape index (κ3) is 3.46. The highest BCUT2D eigenvalue weighted by Crippen LogP contribution is 2.26. The monoisotopic (exact) mass is 379 g/mol. The lowest BCUT2D eigenvalue weighted by molar-refractivity contribution is 0.0939. The number of carbonyl (C=O) groups excluding carboxylic acids is 1. The quantitative estimate of drug-likeness (QED) is 0.766. The van der Waals surface area contributed by atoms with Gasteiger partial charge in [0.25, 0.3) is 5.91 Å². The fraction of sp³-hybridized carbons (Fsp3) is 0.417. The van der Waals surface area contributed by atoms with Gasteiger partial charge in [0.05, 0.1) is 0 Å². The van der Waals surface area contributed by atoms with Crippen LogP contribution in [0.3, 0.4) is 0 Å². The molecule has 17 heavy (non-hydrogen) atoms. The lowest BCUT2D eigenvalue weighted by Crippen LogP contribution is -2.37. The Morgan fingerprint density at radius 1 is 1.35 bits per heavy atom. The van der Waals surface area contributed by atoms with Gasteiger partial charge < -0.3 is 5.32 Å². The van der Waals surface area contributed by atoms with Gasteiger partial charge in [-0.3, -0.25) is 4.79 Å². The normalized spacial score (nSPS) is 23.7. The lowest BCUT2D eigenvalue weighted by Gasteiger charge is -2.16. The van der Waals surface area contributed by atoms with Gasteiger partial charge in [0, 0.05) is 25.9 Å². The van der Waals surface area contributed by atoms with E-state index >= 15 is 0 Å². The van der Waals surface area contributed by atoms with Gasteiger partial charge in [-0.2, -0.15) is 0 Å². The summed E-state index contributed by atoms with van der Waals surface area (Å²) in [4.78, 5) is 12.4. The third-order valence-corrected chi connectivity index (χ3v) is 4.64. The van der Waals surface area contributed by atoms with Gasteiger partial charge in [-0.05, 0) is 31.0 Å². The van der Waals surface area contributed by atoms with Crippen LogP contribution in [0.15, 0.2) is 22.7 Å². The van der Waals surface area contributed by atoms with Gasteiger partial charge in [-0.25, -0.2) is 0 Å². The van der Waals surface area contributed by atoms with Crippen LogP contribution in [-0.2, 0) is 0 Å².